The molecule has 0 bridgehead atoms. The van der Waals surface area contributed by atoms with Gasteiger partial charge >= 0.3 is 0 Å². The van der Waals surface area contributed by atoms with Gasteiger partial charge in [-0.25, -0.2) is 0 Å². The second kappa shape index (κ2) is 10.9. The topological polar surface area (TPSA) is 80.1 Å². The highest BCUT2D eigenvalue weighted by Gasteiger charge is 2.15. The third kappa shape index (κ3) is 6.88. The lowest BCUT2D eigenvalue weighted by molar-refractivity contribution is -0.131. The first kappa shape index (κ1) is 21.2. The number of hydrogen-bond acceptors (Lipinski definition) is 5. The van der Waals surface area contributed by atoms with Crippen molar-refractivity contribution < 1.29 is 9.59 Å². The van der Waals surface area contributed by atoms with Crippen molar-refractivity contribution in [3.63, 3.8) is 0 Å². The van der Waals surface area contributed by atoms with Gasteiger partial charge in [0.2, 0.25) is 11.8 Å². The third-order valence-electron chi connectivity index (χ3n) is 3.86. The number of anilines is 1. The van der Waals surface area contributed by atoms with Crippen LogP contribution in [0.2, 0.25) is 5.02 Å². The van der Waals surface area contributed by atoms with Gasteiger partial charge in [0.25, 0.3) is 0 Å². The minimum absolute atomic E-state index is 0.0478. The molecule has 1 N–H and O–H groups in total. The predicted molar refractivity (Wildman–Crippen MR) is 108 cm³/mol. The molecule has 9 heteroatoms. The Bertz CT molecular complexity index is 768. The Hall–Kier alpha value is -2.06. The molecule has 2 amide bonds. The zero-order chi connectivity index (χ0) is 19.6. The van der Waals surface area contributed by atoms with Crippen molar-refractivity contribution in [3.8, 4) is 0 Å². The Kier molecular flexibility index (Phi) is 8.60. The summed E-state index contributed by atoms with van der Waals surface area (Å²) in [5, 5.41) is 11.9. The molecule has 1 aromatic carbocycles. The summed E-state index contributed by atoms with van der Waals surface area (Å²) in [4.78, 5) is 25.8. The summed E-state index contributed by atoms with van der Waals surface area (Å²) in [6.45, 7) is 2.94. The highest BCUT2D eigenvalue weighted by Crippen LogP contribution is 2.20. The average molecular weight is 410 g/mol. The van der Waals surface area contributed by atoms with Gasteiger partial charge in [-0.1, -0.05) is 55.3 Å². The fourth-order valence-electron chi connectivity index (χ4n) is 2.33. The number of nitrogens with zero attached hydrogens (tertiary/aromatic N) is 4. The first-order valence-corrected chi connectivity index (χ1v) is 10.2. The van der Waals surface area contributed by atoms with Gasteiger partial charge < -0.3 is 14.8 Å². The summed E-state index contributed by atoms with van der Waals surface area (Å²) in [6.07, 6.45) is 5.02. The Morgan fingerprint density at radius 1 is 1.30 bits per heavy atom. The Morgan fingerprint density at radius 2 is 2.07 bits per heavy atom. The summed E-state index contributed by atoms with van der Waals surface area (Å²) in [5.41, 5.74) is 0.527. The van der Waals surface area contributed by atoms with Gasteiger partial charge in [-0.05, 0) is 18.6 Å². The Balaban J connectivity index is 1.79. The molecule has 0 aliphatic rings. The number of halogens is 1. The van der Waals surface area contributed by atoms with E-state index in [1.807, 2.05) is 4.57 Å². The van der Waals surface area contributed by atoms with E-state index >= 15 is 0 Å². The molecule has 0 aliphatic carbocycles. The molecule has 1 aromatic heterocycles. The highest BCUT2D eigenvalue weighted by atomic mass is 35.5. The van der Waals surface area contributed by atoms with E-state index in [0.717, 1.165) is 25.8 Å². The Morgan fingerprint density at radius 3 is 2.81 bits per heavy atom. The van der Waals surface area contributed by atoms with E-state index in [2.05, 4.69) is 22.4 Å². The molecule has 27 heavy (non-hydrogen) atoms. The summed E-state index contributed by atoms with van der Waals surface area (Å²) < 4.78 is 1.96. The van der Waals surface area contributed by atoms with Crippen LogP contribution in [-0.2, 0) is 16.1 Å². The minimum atomic E-state index is -0.299. The summed E-state index contributed by atoms with van der Waals surface area (Å²) in [7, 11) is 1.60. The lowest BCUT2D eigenvalue weighted by atomic mass is 10.2. The van der Waals surface area contributed by atoms with Crippen LogP contribution in [0.4, 0.5) is 5.69 Å². The monoisotopic (exact) mass is 409 g/mol. The van der Waals surface area contributed by atoms with Crippen LogP contribution in [0, 0.1) is 0 Å². The average Bonchev–Trinajstić information content (AvgIpc) is 3.09. The second-order valence-electron chi connectivity index (χ2n) is 6.08. The zero-order valence-electron chi connectivity index (χ0n) is 15.5. The number of carbonyl (C=O) groups excluding carboxylic acids is 2. The fourth-order valence-corrected chi connectivity index (χ4v) is 3.40. The minimum Gasteiger partial charge on any atom is -0.336 e. The van der Waals surface area contributed by atoms with Gasteiger partial charge in [0.1, 0.15) is 6.33 Å². The van der Waals surface area contributed by atoms with E-state index in [9.17, 15) is 9.59 Å². The number of unbranched alkanes of at least 4 members (excludes halogenated alkanes) is 2. The van der Waals surface area contributed by atoms with Crippen LogP contribution in [0.15, 0.2) is 35.7 Å². The zero-order valence-corrected chi connectivity index (χ0v) is 17.1. The molecular weight excluding hydrogens is 386 g/mol. The predicted octanol–water partition coefficient (Wildman–Crippen LogP) is 3.31. The number of carbonyl (C=O) groups is 2. The smallest absolute Gasteiger partial charge is 0.244 e. The van der Waals surface area contributed by atoms with Crippen LogP contribution < -0.4 is 5.32 Å². The second-order valence-corrected chi connectivity index (χ2v) is 7.43. The van der Waals surface area contributed by atoms with Crippen LogP contribution in [0.3, 0.4) is 0 Å². The van der Waals surface area contributed by atoms with E-state index in [1.165, 1.54) is 16.7 Å². The van der Waals surface area contributed by atoms with Crippen LogP contribution in [0.5, 0.6) is 0 Å². The highest BCUT2D eigenvalue weighted by molar-refractivity contribution is 7.99. The molecule has 7 nitrogen and oxygen atoms in total. The van der Waals surface area contributed by atoms with Crippen molar-refractivity contribution in [3.05, 3.63) is 35.6 Å². The number of likely N-dealkylation sites (N-methyl/N-ethyl adjacent to an activating group) is 1. The molecule has 0 spiro atoms. The van der Waals surface area contributed by atoms with Crippen molar-refractivity contribution >= 4 is 40.9 Å². The summed E-state index contributed by atoms with van der Waals surface area (Å²) in [6, 6.07) is 6.97. The van der Waals surface area contributed by atoms with Crippen molar-refractivity contribution in [1.29, 1.82) is 0 Å². The van der Waals surface area contributed by atoms with E-state index in [0.29, 0.717) is 15.9 Å². The number of aryl methyl sites for hydroxylation is 1. The molecule has 0 saturated heterocycles. The van der Waals surface area contributed by atoms with Gasteiger partial charge in [0, 0.05) is 13.6 Å². The first-order valence-electron chi connectivity index (χ1n) is 8.80. The molecule has 2 rings (SSSR count). The number of thioether (sulfide) groups is 1. The van der Waals surface area contributed by atoms with E-state index < -0.39 is 0 Å². The largest absolute Gasteiger partial charge is 0.336 e. The number of amides is 2. The molecule has 0 fully saturated rings. The molecule has 146 valence electrons. The van der Waals surface area contributed by atoms with E-state index in [1.54, 1.807) is 37.6 Å². The maximum Gasteiger partial charge on any atom is 0.244 e. The molecule has 2 aromatic rings. The number of hydrogen-bond donors (Lipinski definition) is 1. The summed E-state index contributed by atoms with van der Waals surface area (Å²) >= 11 is 7.35. The maximum atomic E-state index is 12.3. The number of benzene rings is 1. The van der Waals surface area contributed by atoms with E-state index in [-0.39, 0.29) is 24.1 Å². The molecule has 0 aliphatic heterocycles. The van der Waals surface area contributed by atoms with Crippen LogP contribution >= 0.6 is 23.4 Å². The van der Waals surface area contributed by atoms with Crippen molar-refractivity contribution in [1.82, 2.24) is 19.7 Å². The number of aromatic nitrogens is 3. The Labute approximate surface area is 168 Å². The van der Waals surface area contributed by atoms with Crippen LogP contribution in [0.25, 0.3) is 0 Å². The first-order chi connectivity index (χ1) is 13.0. The SMILES string of the molecule is CCCCCn1cnnc1SCC(=O)N(C)CC(=O)Nc1ccccc1Cl. The lowest BCUT2D eigenvalue weighted by Crippen LogP contribution is -2.36. The number of rotatable bonds is 10. The number of nitrogens with one attached hydrogen (secondary N) is 1. The van der Waals surface area contributed by atoms with Crippen LogP contribution in [-0.4, -0.2) is 50.8 Å². The lowest BCUT2D eigenvalue weighted by Gasteiger charge is -2.17. The number of para-hydroxylation sites is 1. The molecule has 0 radical (unpaired) electrons. The van der Waals surface area contributed by atoms with Crippen LogP contribution in [0.1, 0.15) is 26.2 Å². The third-order valence-corrected chi connectivity index (χ3v) is 5.16. The summed E-state index contributed by atoms with van der Waals surface area (Å²) in [5.74, 6) is -0.258. The standard InChI is InChI=1S/C18H24ClN5O2S/c1-3-4-7-10-24-13-20-22-18(24)27-12-17(26)23(2)11-16(25)21-15-9-6-5-8-14(15)19/h5-6,8-9,13H,3-4,7,10-12H2,1-2H3,(H,21,25). The van der Waals surface area contributed by atoms with Gasteiger partial charge in [0.05, 0.1) is 23.0 Å². The van der Waals surface area contributed by atoms with Gasteiger partial charge in [-0.15, -0.1) is 10.2 Å². The van der Waals surface area contributed by atoms with Gasteiger partial charge in [-0.2, -0.15) is 0 Å². The maximum absolute atomic E-state index is 12.3. The van der Waals surface area contributed by atoms with Crippen molar-refractivity contribution in [2.24, 2.45) is 0 Å². The molecule has 0 saturated carbocycles. The van der Waals surface area contributed by atoms with Crippen molar-refractivity contribution in [2.45, 2.75) is 37.9 Å². The normalized spacial score (nSPS) is 10.6. The van der Waals surface area contributed by atoms with Crippen molar-refractivity contribution in [2.75, 3.05) is 24.7 Å². The quantitative estimate of drug-likeness (QED) is 0.481. The molecule has 0 atom stereocenters. The molecule has 0 unspecified atom stereocenters. The van der Waals surface area contributed by atoms with E-state index in [4.69, 9.17) is 11.6 Å². The van der Waals surface area contributed by atoms with Gasteiger partial charge in [-0.3, -0.25) is 9.59 Å². The van der Waals surface area contributed by atoms with Gasteiger partial charge in [0.15, 0.2) is 5.16 Å². The fraction of sp³-hybridized carbons (Fsp3) is 0.444. The molecular formula is C18H24ClN5O2S. The molecule has 1 heterocycles.